The summed E-state index contributed by atoms with van der Waals surface area (Å²) in [4.78, 5) is 0. The summed E-state index contributed by atoms with van der Waals surface area (Å²) in [5, 5.41) is 3.31. The number of hydrogen-bond acceptors (Lipinski definition) is 2. The maximum Gasteiger partial charge on any atom is 0.147 e. The second kappa shape index (κ2) is 7.78. The van der Waals surface area contributed by atoms with Gasteiger partial charge in [-0.05, 0) is 40.7 Å². The number of rotatable bonds is 6. The van der Waals surface area contributed by atoms with E-state index in [4.69, 9.17) is 16.3 Å². The average molecular weight is 373 g/mol. The lowest BCUT2D eigenvalue weighted by molar-refractivity contribution is 0.265. The van der Waals surface area contributed by atoms with Gasteiger partial charge in [-0.2, -0.15) is 0 Å². The summed E-state index contributed by atoms with van der Waals surface area (Å²) in [6.07, 6.45) is 0. The van der Waals surface area contributed by atoms with Crippen LogP contribution < -0.4 is 10.1 Å². The van der Waals surface area contributed by atoms with Crippen LogP contribution in [0.2, 0.25) is 5.02 Å². The van der Waals surface area contributed by atoms with E-state index in [2.05, 4.69) is 21.2 Å². The maximum absolute atomic E-state index is 14.3. The SMILES string of the molecule is CCNC(COc1ccccc1)c1ccc(Br)c(Cl)c1F. The third-order valence-corrected chi connectivity index (χ3v) is 4.31. The van der Waals surface area contributed by atoms with Gasteiger partial charge in [0.1, 0.15) is 18.2 Å². The van der Waals surface area contributed by atoms with E-state index in [0.717, 1.165) is 5.75 Å². The summed E-state index contributed by atoms with van der Waals surface area (Å²) in [6.45, 7) is 3.00. The Balaban J connectivity index is 2.17. The number of benzene rings is 2. The first-order chi connectivity index (χ1) is 10.1. The fourth-order valence-electron chi connectivity index (χ4n) is 2.01. The topological polar surface area (TPSA) is 21.3 Å². The Bertz CT molecular complexity index is 594. The molecule has 2 aromatic carbocycles. The summed E-state index contributed by atoms with van der Waals surface area (Å²) in [7, 11) is 0. The van der Waals surface area contributed by atoms with Gasteiger partial charge in [0.25, 0.3) is 0 Å². The highest BCUT2D eigenvalue weighted by atomic mass is 79.9. The van der Waals surface area contributed by atoms with Crippen molar-refractivity contribution in [3.63, 3.8) is 0 Å². The number of likely N-dealkylation sites (N-methyl/N-ethyl adjacent to an activating group) is 1. The fraction of sp³-hybridized carbons (Fsp3) is 0.250. The molecule has 2 rings (SSSR count). The van der Waals surface area contributed by atoms with Gasteiger partial charge in [0.15, 0.2) is 0 Å². The zero-order valence-corrected chi connectivity index (χ0v) is 13.9. The van der Waals surface area contributed by atoms with Crippen molar-refractivity contribution in [1.82, 2.24) is 5.32 Å². The second-order valence-corrected chi connectivity index (χ2v) is 5.73. The van der Waals surface area contributed by atoms with Gasteiger partial charge >= 0.3 is 0 Å². The highest BCUT2D eigenvalue weighted by molar-refractivity contribution is 9.10. The Hall–Kier alpha value is -1.10. The molecule has 0 aliphatic heterocycles. The molecular weight excluding hydrogens is 357 g/mol. The summed E-state index contributed by atoms with van der Waals surface area (Å²) >= 11 is 9.17. The monoisotopic (exact) mass is 371 g/mol. The first-order valence-electron chi connectivity index (χ1n) is 6.68. The van der Waals surface area contributed by atoms with Crippen LogP contribution in [0, 0.1) is 5.82 Å². The molecule has 0 fully saturated rings. The summed E-state index contributed by atoms with van der Waals surface area (Å²) in [5.74, 6) is 0.331. The molecule has 0 amide bonds. The Morgan fingerprint density at radius 1 is 1.24 bits per heavy atom. The van der Waals surface area contributed by atoms with Crippen molar-refractivity contribution >= 4 is 27.5 Å². The Morgan fingerprint density at radius 2 is 1.95 bits per heavy atom. The zero-order valence-electron chi connectivity index (χ0n) is 11.6. The maximum atomic E-state index is 14.3. The fourth-order valence-corrected chi connectivity index (χ4v) is 2.49. The van der Waals surface area contributed by atoms with E-state index in [9.17, 15) is 4.39 Å². The largest absolute Gasteiger partial charge is 0.492 e. The van der Waals surface area contributed by atoms with E-state index in [-0.39, 0.29) is 11.1 Å². The van der Waals surface area contributed by atoms with Crippen LogP contribution in [0.25, 0.3) is 0 Å². The molecule has 21 heavy (non-hydrogen) atoms. The lowest BCUT2D eigenvalue weighted by atomic mass is 10.1. The van der Waals surface area contributed by atoms with Crippen LogP contribution in [0.3, 0.4) is 0 Å². The normalized spacial score (nSPS) is 12.2. The van der Waals surface area contributed by atoms with Gasteiger partial charge in [0.2, 0.25) is 0 Å². The lowest BCUT2D eigenvalue weighted by Gasteiger charge is -2.20. The number of nitrogens with one attached hydrogen (secondary N) is 1. The van der Waals surface area contributed by atoms with Gasteiger partial charge in [-0.1, -0.05) is 42.8 Å². The first-order valence-corrected chi connectivity index (χ1v) is 7.85. The molecule has 2 nitrogen and oxygen atoms in total. The van der Waals surface area contributed by atoms with E-state index >= 15 is 0 Å². The first kappa shape index (κ1) is 16.3. The predicted molar refractivity (Wildman–Crippen MR) is 87.5 cm³/mol. The molecular formula is C16H16BrClFNO. The van der Waals surface area contributed by atoms with Gasteiger partial charge in [-0.25, -0.2) is 4.39 Å². The van der Waals surface area contributed by atoms with Gasteiger partial charge in [0, 0.05) is 10.0 Å². The quantitative estimate of drug-likeness (QED) is 0.723. The minimum atomic E-state index is -0.423. The van der Waals surface area contributed by atoms with E-state index in [0.29, 0.717) is 23.2 Å². The van der Waals surface area contributed by atoms with Crippen molar-refractivity contribution in [3.05, 3.63) is 63.3 Å². The number of para-hydroxylation sites is 1. The molecule has 1 N–H and O–H groups in total. The summed E-state index contributed by atoms with van der Waals surface area (Å²) < 4.78 is 20.6. The van der Waals surface area contributed by atoms with Crippen molar-refractivity contribution in [2.24, 2.45) is 0 Å². The number of ether oxygens (including phenoxy) is 1. The smallest absolute Gasteiger partial charge is 0.147 e. The van der Waals surface area contributed by atoms with Crippen LogP contribution in [-0.2, 0) is 0 Å². The third-order valence-electron chi connectivity index (χ3n) is 3.05. The standard InChI is InChI=1S/C16H16BrClFNO/c1-2-20-14(10-21-11-6-4-3-5-7-11)12-8-9-13(17)15(18)16(12)19/h3-9,14,20H,2,10H2,1H3. The van der Waals surface area contributed by atoms with Gasteiger partial charge < -0.3 is 10.1 Å². The molecule has 112 valence electrons. The minimum Gasteiger partial charge on any atom is -0.492 e. The molecule has 0 bridgehead atoms. The Labute approximate surface area is 137 Å². The molecule has 0 heterocycles. The minimum absolute atomic E-state index is 0.0927. The highest BCUT2D eigenvalue weighted by Gasteiger charge is 2.19. The van der Waals surface area contributed by atoms with E-state index in [1.165, 1.54) is 0 Å². The molecule has 0 aliphatic carbocycles. The van der Waals surface area contributed by atoms with E-state index in [1.807, 2.05) is 37.3 Å². The predicted octanol–water partition coefficient (Wildman–Crippen LogP) is 4.97. The average Bonchev–Trinajstić information content (AvgIpc) is 2.51. The number of halogens is 3. The second-order valence-electron chi connectivity index (χ2n) is 4.50. The molecule has 0 spiro atoms. The molecule has 0 aromatic heterocycles. The zero-order chi connectivity index (χ0) is 15.2. The van der Waals surface area contributed by atoms with E-state index < -0.39 is 5.82 Å². The number of hydrogen-bond donors (Lipinski definition) is 1. The summed E-state index contributed by atoms with van der Waals surface area (Å²) in [6, 6.07) is 12.6. The molecule has 0 saturated heterocycles. The third kappa shape index (κ3) is 4.19. The summed E-state index contributed by atoms with van der Waals surface area (Å²) in [5.41, 5.74) is 0.501. The molecule has 5 heteroatoms. The Morgan fingerprint density at radius 3 is 2.62 bits per heavy atom. The van der Waals surface area contributed by atoms with Crippen LogP contribution in [-0.4, -0.2) is 13.2 Å². The highest BCUT2D eigenvalue weighted by Crippen LogP contribution is 2.30. The van der Waals surface area contributed by atoms with Crippen molar-refractivity contribution in [1.29, 1.82) is 0 Å². The van der Waals surface area contributed by atoms with Gasteiger partial charge in [0.05, 0.1) is 11.1 Å². The van der Waals surface area contributed by atoms with Gasteiger partial charge in [-0.3, -0.25) is 0 Å². The van der Waals surface area contributed by atoms with Crippen LogP contribution in [0.5, 0.6) is 5.75 Å². The molecule has 2 aromatic rings. The van der Waals surface area contributed by atoms with E-state index in [1.54, 1.807) is 12.1 Å². The van der Waals surface area contributed by atoms with Crippen molar-refractivity contribution in [3.8, 4) is 5.75 Å². The molecule has 0 aliphatic rings. The molecule has 0 radical (unpaired) electrons. The van der Waals surface area contributed by atoms with Crippen molar-refractivity contribution in [2.75, 3.05) is 13.2 Å². The van der Waals surface area contributed by atoms with Crippen molar-refractivity contribution < 1.29 is 9.13 Å². The molecule has 0 saturated carbocycles. The van der Waals surface area contributed by atoms with Crippen LogP contribution in [0.4, 0.5) is 4.39 Å². The Kier molecular flexibility index (Phi) is 6.03. The molecule has 1 atom stereocenters. The van der Waals surface area contributed by atoms with Gasteiger partial charge in [-0.15, -0.1) is 0 Å². The van der Waals surface area contributed by atoms with Crippen LogP contribution >= 0.6 is 27.5 Å². The van der Waals surface area contributed by atoms with Crippen molar-refractivity contribution in [2.45, 2.75) is 13.0 Å². The molecule has 1 unspecified atom stereocenters. The lowest BCUT2D eigenvalue weighted by Crippen LogP contribution is -2.27. The van der Waals surface area contributed by atoms with Crippen LogP contribution in [0.1, 0.15) is 18.5 Å². The van der Waals surface area contributed by atoms with Crippen LogP contribution in [0.15, 0.2) is 46.9 Å².